The number of nitrogens with one attached hydrogen (secondary N) is 1. The zero-order valence-electron chi connectivity index (χ0n) is 15.4. The maximum Gasteiger partial charge on any atom is 0.409 e. The van der Waals surface area contributed by atoms with Crippen molar-refractivity contribution in [1.29, 1.82) is 0 Å². The highest BCUT2D eigenvalue weighted by Gasteiger charge is 2.28. The molecule has 0 unspecified atom stereocenters. The van der Waals surface area contributed by atoms with Crippen molar-refractivity contribution in [2.75, 3.05) is 38.1 Å². The fourth-order valence-corrected chi connectivity index (χ4v) is 4.64. The Bertz CT molecular complexity index is 786. The average Bonchev–Trinajstić information content (AvgIpc) is 3.06. The first-order valence-electron chi connectivity index (χ1n) is 9.18. The lowest BCUT2D eigenvalue weighted by molar-refractivity contribution is -0.116. The lowest BCUT2D eigenvalue weighted by atomic mass is 10.0. The monoisotopic (exact) mass is 395 g/mol. The van der Waals surface area contributed by atoms with Gasteiger partial charge in [0.15, 0.2) is 0 Å². The SMILES string of the molecule is CC1CCN(S(=O)(=O)c2ccc(NC(=O)CCN3CCOC3=O)cc2)CC1. The van der Waals surface area contributed by atoms with Crippen LogP contribution >= 0.6 is 0 Å². The Kier molecular flexibility index (Phi) is 6.01. The highest BCUT2D eigenvalue weighted by molar-refractivity contribution is 7.89. The van der Waals surface area contributed by atoms with E-state index in [2.05, 4.69) is 12.2 Å². The quantitative estimate of drug-likeness (QED) is 0.793. The van der Waals surface area contributed by atoms with Crippen LogP contribution in [0.2, 0.25) is 0 Å². The third-order valence-corrected chi connectivity index (χ3v) is 6.89. The van der Waals surface area contributed by atoms with Crippen LogP contribution in [-0.2, 0) is 19.6 Å². The molecular weight excluding hydrogens is 370 g/mol. The van der Waals surface area contributed by atoms with Gasteiger partial charge >= 0.3 is 6.09 Å². The van der Waals surface area contributed by atoms with Crippen molar-refractivity contribution in [2.45, 2.75) is 31.1 Å². The van der Waals surface area contributed by atoms with E-state index in [1.165, 1.54) is 21.3 Å². The number of amides is 2. The molecule has 0 aliphatic carbocycles. The number of piperidine rings is 1. The Morgan fingerprint density at radius 2 is 1.85 bits per heavy atom. The third-order valence-electron chi connectivity index (χ3n) is 4.97. The van der Waals surface area contributed by atoms with Crippen LogP contribution in [-0.4, -0.2) is 62.4 Å². The Hall–Kier alpha value is -2.13. The fraction of sp³-hybridized carbons (Fsp3) is 0.556. The molecule has 1 aromatic carbocycles. The van der Waals surface area contributed by atoms with Gasteiger partial charge < -0.3 is 15.0 Å². The van der Waals surface area contributed by atoms with Gasteiger partial charge in [-0.3, -0.25) is 4.79 Å². The molecule has 1 N–H and O–H groups in total. The fourth-order valence-electron chi connectivity index (χ4n) is 3.17. The standard InChI is InChI=1S/C18H25N3O5S/c1-14-6-10-21(11-7-14)27(24,25)16-4-2-15(3-5-16)19-17(22)8-9-20-12-13-26-18(20)23/h2-5,14H,6-13H2,1H3,(H,19,22). The number of ether oxygens (including phenoxy) is 1. The Morgan fingerprint density at radius 3 is 2.44 bits per heavy atom. The van der Waals surface area contributed by atoms with Gasteiger partial charge in [0.25, 0.3) is 0 Å². The zero-order valence-corrected chi connectivity index (χ0v) is 16.2. The number of carbonyl (C=O) groups excluding carboxylic acids is 2. The molecule has 9 heteroatoms. The number of rotatable bonds is 6. The van der Waals surface area contributed by atoms with Crippen LogP contribution in [0.1, 0.15) is 26.2 Å². The first-order chi connectivity index (χ1) is 12.9. The van der Waals surface area contributed by atoms with E-state index in [4.69, 9.17) is 4.74 Å². The lowest BCUT2D eigenvalue weighted by Crippen LogP contribution is -2.37. The number of nitrogens with zero attached hydrogens (tertiary/aromatic N) is 2. The average molecular weight is 395 g/mol. The first-order valence-corrected chi connectivity index (χ1v) is 10.6. The van der Waals surface area contributed by atoms with Crippen LogP contribution in [0.25, 0.3) is 0 Å². The maximum atomic E-state index is 12.7. The molecule has 0 radical (unpaired) electrons. The summed E-state index contributed by atoms with van der Waals surface area (Å²) in [5.74, 6) is 0.312. The molecule has 27 heavy (non-hydrogen) atoms. The van der Waals surface area contributed by atoms with E-state index in [0.29, 0.717) is 44.4 Å². The number of hydrogen-bond acceptors (Lipinski definition) is 5. The van der Waals surface area contributed by atoms with Crippen LogP contribution in [0.15, 0.2) is 29.2 Å². The van der Waals surface area contributed by atoms with Gasteiger partial charge in [-0.15, -0.1) is 0 Å². The first kappa shape index (κ1) is 19.6. The second kappa shape index (κ2) is 8.26. The summed E-state index contributed by atoms with van der Waals surface area (Å²) < 4.78 is 31.7. The molecule has 3 rings (SSSR count). The van der Waals surface area contributed by atoms with Crippen molar-refractivity contribution < 1.29 is 22.7 Å². The molecule has 0 atom stereocenters. The van der Waals surface area contributed by atoms with Crippen LogP contribution < -0.4 is 5.32 Å². The third kappa shape index (κ3) is 4.78. The summed E-state index contributed by atoms with van der Waals surface area (Å²) in [6, 6.07) is 6.20. The number of anilines is 1. The van der Waals surface area contributed by atoms with E-state index in [1.807, 2.05) is 0 Å². The van der Waals surface area contributed by atoms with Crippen molar-refractivity contribution >= 4 is 27.7 Å². The predicted molar refractivity (Wildman–Crippen MR) is 99.8 cm³/mol. The van der Waals surface area contributed by atoms with E-state index in [1.54, 1.807) is 12.1 Å². The summed E-state index contributed by atoms with van der Waals surface area (Å²) in [5, 5.41) is 2.72. The van der Waals surface area contributed by atoms with Gasteiger partial charge in [-0.05, 0) is 43.0 Å². The molecule has 0 saturated carbocycles. The molecule has 2 fully saturated rings. The smallest absolute Gasteiger partial charge is 0.409 e. The van der Waals surface area contributed by atoms with E-state index >= 15 is 0 Å². The molecule has 0 aromatic heterocycles. The van der Waals surface area contributed by atoms with Gasteiger partial charge in [-0.1, -0.05) is 6.92 Å². The van der Waals surface area contributed by atoms with Crippen LogP contribution in [0.4, 0.5) is 10.5 Å². The zero-order chi connectivity index (χ0) is 19.4. The number of benzene rings is 1. The molecular formula is C18H25N3O5S. The van der Waals surface area contributed by atoms with E-state index in [0.717, 1.165) is 12.8 Å². The second-order valence-electron chi connectivity index (χ2n) is 7.01. The Balaban J connectivity index is 1.55. The minimum absolute atomic E-state index is 0.154. The van der Waals surface area contributed by atoms with Crippen LogP contribution in [0.3, 0.4) is 0 Å². The molecule has 0 spiro atoms. The summed E-state index contributed by atoms with van der Waals surface area (Å²) >= 11 is 0. The van der Waals surface area contributed by atoms with Gasteiger partial charge in [0, 0.05) is 31.7 Å². The van der Waals surface area contributed by atoms with Crippen molar-refractivity contribution in [3.63, 3.8) is 0 Å². The van der Waals surface area contributed by atoms with E-state index in [-0.39, 0.29) is 17.2 Å². The molecule has 2 aliphatic heterocycles. The van der Waals surface area contributed by atoms with Gasteiger partial charge in [-0.2, -0.15) is 4.31 Å². The molecule has 2 saturated heterocycles. The van der Waals surface area contributed by atoms with Gasteiger partial charge in [0.2, 0.25) is 15.9 Å². The summed E-state index contributed by atoms with van der Waals surface area (Å²) in [5.41, 5.74) is 0.523. The summed E-state index contributed by atoms with van der Waals surface area (Å²) in [6.45, 7) is 4.36. The van der Waals surface area contributed by atoms with Gasteiger partial charge in [0.05, 0.1) is 11.4 Å². The highest BCUT2D eigenvalue weighted by atomic mass is 32.2. The maximum absolute atomic E-state index is 12.7. The molecule has 2 aliphatic rings. The second-order valence-corrected chi connectivity index (χ2v) is 8.95. The van der Waals surface area contributed by atoms with Crippen molar-refractivity contribution in [3.8, 4) is 0 Å². The number of cyclic esters (lactones) is 1. The minimum atomic E-state index is -3.50. The minimum Gasteiger partial charge on any atom is -0.448 e. The summed E-state index contributed by atoms with van der Waals surface area (Å²) in [6.07, 6.45) is 1.50. The Labute approximate surface area is 159 Å². The lowest BCUT2D eigenvalue weighted by Gasteiger charge is -2.29. The van der Waals surface area contributed by atoms with Crippen molar-refractivity contribution in [2.24, 2.45) is 5.92 Å². The topological polar surface area (TPSA) is 96.0 Å². The van der Waals surface area contributed by atoms with Crippen LogP contribution in [0, 0.1) is 5.92 Å². The molecule has 1 aromatic rings. The Morgan fingerprint density at radius 1 is 1.19 bits per heavy atom. The van der Waals surface area contributed by atoms with Gasteiger partial charge in [0.1, 0.15) is 6.61 Å². The molecule has 2 amide bonds. The van der Waals surface area contributed by atoms with Crippen molar-refractivity contribution in [3.05, 3.63) is 24.3 Å². The molecule has 2 heterocycles. The molecule has 148 valence electrons. The molecule has 8 nitrogen and oxygen atoms in total. The number of carbonyl (C=O) groups is 2. The summed E-state index contributed by atoms with van der Waals surface area (Å²) in [4.78, 5) is 25.1. The van der Waals surface area contributed by atoms with E-state index < -0.39 is 16.1 Å². The number of hydrogen-bond donors (Lipinski definition) is 1. The highest BCUT2D eigenvalue weighted by Crippen LogP contribution is 2.24. The summed E-state index contributed by atoms with van der Waals surface area (Å²) in [7, 11) is -3.50. The largest absolute Gasteiger partial charge is 0.448 e. The molecule has 0 bridgehead atoms. The number of sulfonamides is 1. The van der Waals surface area contributed by atoms with Crippen molar-refractivity contribution in [1.82, 2.24) is 9.21 Å². The predicted octanol–water partition coefficient (Wildman–Crippen LogP) is 1.89. The van der Waals surface area contributed by atoms with E-state index in [9.17, 15) is 18.0 Å². The van der Waals surface area contributed by atoms with Gasteiger partial charge in [-0.25, -0.2) is 13.2 Å². The normalized spacial score (nSPS) is 19.1. The van der Waals surface area contributed by atoms with Crippen LogP contribution in [0.5, 0.6) is 0 Å².